The molecule has 100 valence electrons. The van der Waals surface area contributed by atoms with Gasteiger partial charge in [0.1, 0.15) is 0 Å². The van der Waals surface area contributed by atoms with E-state index in [1.807, 2.05) is 12.2 Å². The van der Waals surface area contributed by atoms with Crippen LogP contribution in [-0.2, 0) is 4.79 Å². The van der Waals surface area contributed by atoms with Gasteiger partial charge in [-0.2, -0.15) is 0 Å². The fourth-order valence-corrected chi connectivity index (χ4v) is 2.74. The van der Waals surface area contributed by atoms with E-state index in [0.29, 0.717) is 12.8 Å². The zero-order chi connectivity index (χ0) is 13.0. The van der Waals surface area contributed by atoms with Crippen molar-refractivity contribution in [2.75, 3.05) is 6.54 Å². The van der Waals surface area contributed by atoms with Crippen LogP contribution in [0.25, 0.3) is 0 Å². The minimum absolute atomic E-state index is 0.161. The summed E-state index contributed by atoms with van der Waals surface area (Å²) in [5.41, 5.74) is -0.745. The van der Waals surface area contributed by atoms with Crippen molar-refractivity contribution in [3.63, 3.8) is 0 Å². The average Bonchev–Trinajstić information content (AvgIpc) is 2.97. The van der Waals surface area contributed by atoms with E-state index < -0.39 is 11.4 Å². The summed E-state index contributed by atoms with van der Waals surface area (Å²) in [6, 6.07) is -0.0921. The van der Waals surface area contributed by atoms with Gasteiger partial charge >= 0.3 is 12.0 Å². The molecule has 3 N–H and O–H groups in total. The molecule has 0 radical (unpaired) electrons. The lowest BCUT2D eigenvalue weighted by molar-refractivity contribution is -0.148. The maximum Gasteiger partial charge on any atom is 0.315 e. The second kappa shape index (κ2) is 5.42. The lowest BCUT2D eigenvalue weighted by Gasteiger charge is -2.24. The van der Waals surface area contributed by atoms with Crippen LogP contribution in [0.4, 0.5) is 4.79 Å². The van der Waals surface area contributed by atoms with E-state index in [4.69, 9.17) is 0 Å². The number of aliphatic carboxylic acids is 1. The van der Waals surface area contributed by atoms with Crippen LogP contribution in [0.3, 0.4) is 0 Å². The fourth-order valence-electron chi connectivity index (χ4n) is 2.74. The third kappa shape index (κ3) is 2.83. The van der Waals surface area contributed by atoms with Crippen LogP contribution >= 0.6 is 0 Å². The smallest absolute Gasteiger partial charge is 0.315 e. The van der Waals surface area contributed by atoms with Crippen molar-refractivity contribution >= 4 is 12.0 Å². The van der Waals surface area contributed by atoms with Crippen molar-refractivity contribution in [1.29, 1.82) is 0 Å². The predicted molar refractivity (Wildman–Crippen MR) is 67.2 cm³/mol. The molecule has 0 aromatic rings. The first-order valence-electron chi connectivity index (χ1n) is 6.55. The molecule has 0 saturated heterocycles. The molecule has 0 bridgehead atoms. The summed E-state index contributed by atoms with van der Waals surface area (Å²) in [5, 5.41) is 14.8. The maximum atomic E-state index is 11.7. The second-order valence-electron chi connectivity index (χ2n) is 5.26. The fraction of sp³-hybridized carbons (Fsp3) is 0.692. The number of urea groups is 1. The molecule has 0 aliphatic heterocycles. The number of carboxylic acids is 1. The molecule has 1 saturated carbocycles. The Balaban J connectivity index is 1.78. The van der Waals surface area contributed by atoms with Crippen LogP contribution in [0.1, 0.15) is 38.5 Å². The Morgan fingerprint density at radius 1 is 1.22 bits per heavy atom. The largest absolute Gasteiger partial charge is 0.481 e. The molecule has 2 amide bonds. The Hall–Kier alpha value is -1.52. The van der Waals surface area contributed by atoms with Gasteiger partial charge in [-0.1, -0.05) is 25.0 Å². The molecule has 2 aliphatic rings. The molecule has 0 aromatic carbocycles. The Morgan fingerprint density at radius 2 is 1.83 bits per heavy atom. The summed E-state index contributed by atoms with van der Waals surface area (Å²) in [6.07, 6.45) is 8.99. The third-order valence-electron chi connectivity index (χ3n) is 3.94. The van der Waals surface area contributed by atoms with Gasteiger partial charge in [0.2, 0.25) is 0 Å². The first-order chi connectivity index (χ1) is 8.62. The number of nitrogens with one attached hydrogen (secondary N) is 2. The van der Waals surface area contributed by atoms with Gasteiger partial charge in [0, 0.05) is 12.6 Å². The number of carbonyl (C=O) groups is 2. The molecule has 5 heteroatoms. The molecule has 0 aromatic heterocycles. The number of amides is 2. The van der Waals surface area contributed by atoms with Crippen LogP contribution in [0.5, 0.6) is 0 Å². The normalized spacial score (nSPS) is 22.0. The highest BCUT2D eigenvalue weighted by atomic mass is 16.4. The van der Waals surface area contributed by atoms with E-state index >= 15 is 0 Å². The summed E-state index contributed by atoms with van der Waals surface area (Å²) in [6.45, 7) is 0.230. The summed E-state index contributed by atoms with van der Waals surface area (Å²) in [7, 11) is 0. The SMILES string of the molecule is O=C(NCC1(C(=O)O)CCCC1)NC1CC=CC1. The molecule has 2 rings (SSSR count). The zero-order valence-electron chi connectivity index (χ0n) is 10.4. The Bertz CT molecular complexity index is 351. The van der Waals surface area contributed by atoms with Crippen LogP contribution in [0.2, 0.25) is 0 Å². The van der Waals surface area contributed by atoms with Gasteiger partial charge in [0.05, 0.1) is 5.41 Å². The topological polar surface area (TPSA) is 78.4 Å². The summed E-state index contributed by atoms with van der Waals surface area (Å²) in [4.78, 5) is 23.0. The molecule has 1 fully saturated rings. The van der Waals surface area contributed by atoms with E-state index in [-0.39, 0.29) is 18.6 Å². The van der Waals surface area contributed by atoms with Gasteiger partial charge in [-0.3, -0.25) is 4.79 Å². The number of carboxylic acid groups (broad SMARTS) is 1. The average molecular weight is 252 g/mol. The highest BCUT2D eigenvalue weighted by Gasteiger charge is 2.41. The number of carbonyl (C=O) groups excluding carboxylic acids is 1. The molecule has 0 unspecified atom stereocenters. The van der Waals surface area contributed by atoms with Gasteiger partial charge in [-0.25, -0.2) is 4.79 Å². The lowest BCUT2D eigenvalue weighted by atomic mass is 9.86. The maximum absolute atomic E-state index is 11.7. The Kier molecular flexibility index (Phi) is 3.89. The van der Waals surface area contributed by atoms with Gasteiger partial charge in [0.15, 0.2) is 0 Å². The van der Waals surface area contributed by atoms with Crippen molar-refractivity contribution in [3.05, 3.63) is 12.2 Å². The van der Waals surface area contributed by atoms with Crippen LogP contribution in [0, 0.1) is 5.41 Å². The monoisotopic (exact) mass is 252 g/mol. The third-order valence-corrected chi connectivity index (χ3v) is 3.94. The van der Waals surface area contributed by atoms with Crippen molar-refractivity contribution in [2.24, 2.45) is 5.41 Å². The minimum Gasteiger partial charge on any atom is -0.481 e. The lowest BCUT2D eigenvalue weighted by Crippen LogP contribution is -2.47. The number of hydrogen-bond donors (Lipinski definition) is 3. The molecular formula is C13H20N2O3. The Labute approximate surface area is 107 Å². The summed E-state index contributed by atoms with van der Waals surface area (Å²) in [5.74, 6) is -0.789. The number of hydrogen-bond acceptors (Lipinski definition) is 2. The second-order valence-corrected chi connectivity index (χ2v) is 5.26. The zero-order valence-corrected chi connectivity index (χ0v) is 10.4. The summed E-state index contributed by atoms with van der Waals surface area (Å²) >= 11 is 0. The molecule has 0 heterocycles. The molecular weight excluding hydrogens is 232 g/mol. The molecule has 0 atom stereocenters. The van der Waals surface area contributed by atoms with Crippen LogP contribution in [-0.4, -0.2) is 29.7 Å². The van der Waals surface area contributed by atoms with Crippen molar-refractivity contribution in [3.8, 4) is 0 Å². The van der Waals surface area contributed by atoms with E-state index in [9.17, 15) is 14.7 Å². The van der Waals surface area contributed by atoms with Crippen LogP contribution in [0.15, 0.2) is 12.2 Å². The first kappa shape index (κ1) is 12.9. The Morgan fingerprint density at radius 3 is 2.39 bits per heavy atom. The molecule has 0 spiro atoms. The van der Waals surface area contributed by atoms with Crippen LogP contribution < -0.4 is 10.6 Å². The van der Waals surface area contributed by atoms with Gasteiger partial charge in [0.25, 0.3) is 0 Å². The quantitative estimate of drug-likeness (QED) is 0.666. The van der Waals surface area contributed by atoms with E-state index in [1.165, 1.54) is 0 Å². The minimum atomic E-state index is -0.789. The predicted octanol–water partition coefficient (Wildman–Crippen LogP) is 1.65. The van der Waals surface area contributed by atoms with Crippen molar-refractivity contribution < 1.29 is 14.7 Å². The van der Waals surface area contributed by atoms with E-state index in [2.05, 4.69) is 10.6 Å². The van der Waals surface area contributed by atoms with Gasteiger partial charge in [-0.15, -0.1) is 0 Å². The van der Waals surface area contributed by atoms with E-state index in [0.717, 1.165) is 25.7 Å². The molecule has 2 aliphatic carbocycles. The van der Waals surface area contributed by atoms with Gasteiger partial charge in [-0.05, 0) is 25.7 Å². The molecule has 18 heavy (non-hydrogen) atoms. The highest BCUT2D eigenvalue weighted by Crippen LogP contribution is 2.37. The summed E-state index contributed by atoms with van der Waals surface area (Å²) < 4.78 is 0. The first-order valence-corrected chi connectivity index (χ1v) is 6.55. The molecule has 5 nitrogen and oxygen atoms in total. The van der Waals surface area contributed by atoms with Crippen molar-refractivity contribution in [1.82, 2.24) is 10.6 Å². The number of rotatable bonds is 4. The standard InChI is InChI=1S/C13H20N2O3/c16-11(17)13(7-3-4-8-13)9-14-12(18)15-10-5-1-2-6-10/h1-2,10H,3-9H2,(H,16,17)(H2,14,15,18). The van der Waals surface area contributed by atoms with E-state index in [1.54, 1.807) is 0 Å². The highest BCUT2D eigenvalue weighted by molar-refractivity contribution is 5.78. The van der Waals surface area contributed by atoms with Gasteiger partial charge < -0.3 is 15.7 Å². The van der Waals surface area contributed by atoms with Crippen molar-refractivity contribution in [2.45, 2.75) is 44.6 Å².